The number of aliphatic carboxylic acids is 1. The highest BCUT2D eigenvalue weighted by Crippen LogP contribution is 2.16. The van der Waals surface area contributed by atoms with Crippen LogP contribution in [0.15, 0.2) is 86.0 Å². The van der Waals surface area contributed by atoms with Gasteiger partial charge in [0, 0.05) is 10.9 Å². The second-order valence-electron chi connectivity index (χ2n) is 6.72. The van der Waals surface area contributed by atoms with E-state index in [0.717, 1.165) is 10.0 Å². The van der Waals surface area contributed by atoms with Crippen LogP contribution >= 0.6 is 31.9 Å². The fraction of sp³-hybridized carbons (Fsp3) is 0.0870. The molecule has 0 fully saturated rings. The summed E-state index contributed by atoms with van der Waals surface area (Å²) in [6.45, 7) is 0. The van der Waals surface area contributed by atoms with Gasteiger partial charge in [-0.1, -0.05) is 58.4 Å². The summed E-state index contributed by atoms with van der Waals surface area (Å²) in [7, 11) is 0. The van der Waals surface area contributed by atoms with Gasteiger partial charge in [0.1, 0.15) is 11.7 Å². The van der Waals surface area contributed by atoms with Crippen molar-refractivity contribution in [2.75, 3.05) is 0 Å². The predicted molar refractivity (Wildman–Crippen MR) is 126 cm³/mol. The maximum absolute atomic E-state index is 13.0. The van der Waals surface area contributed by atoms with E-state index >= 15 is 0 Å². The Hall–Kier alpha value is -3.17. The van der Waals surface area contributed by atoms with Crippen molar-refractivity contribution in [1.82, 2.24) is 10.6 Å². The van der Waals surface area contributed by atoms with Gasteiger partial charge >= 0.3 is 5.97 Å². The molecule has 0 aliphatic rings. The zero-order valence-corrected chi connectivity index (χ0v) is 19.7. The van der Waals surface area contributed by atoms with E-state index in [1.54, 1.807) is 54.6 Å². The fourth-order valence-electron chi connectivity index (χ4n) is 2.79. The van der Waals surface area contributed by atoms with E-state index in [9.17, 15) is 19.5 Å². The Morgan fingerprint density at radius 2 is 1.66 bits per heavy atom. The van der Waals surface area contributed by atoms with Crippen molar-refractivity contribution < 1.29 is 23.9 Å². The highest BCUT2D eigenvalue weighted by atomic mass is 79.9. The predicted octanol–water partition coefficient (Wildman–Crippen LogP) is 4.39. The van der Waals surface area contributed by atoms with E-state index in [4.69, 9.17) is 4.42 Å². The average Bonchev–Trinajstić information content (AvgIpc) is 3.21. The maximum atomic E-state index is 13.0. The van der Waals surface area contributed by atoms with Crippen molar-refractivity contribution in [3.63, 3.8) is 0 Å². The van der Waals surface area contributed by atoms with Crippen LogP contribution in [0.4, 0.5) is 0 Å². The molecule has 0 spiro atoms. The highest BCUT2D eigenvalue weighted by molar-refractivity contribution is 9.10. The van der Waals surface area contributed by atoms with Crippen LogP contribution in [0.25, 0.3) is 6.08 Å². The molecular formula is C23H18Br2N2O5. The summed E-state index contributed by atoms with van der Waals surface area (Å²) in [6, 6.07) is 17.8. The molecule has 0 saturated carbocycles. The van der Waals surface area contributed by atoms with Crippen LogP contribution in [0.5, 0.6) is 0 Å². The van der Waals surface area contributed by atoms with Gasteiger partial charge in [-0.15, -0.1) is 0 Å². The van der Waals surface area contributed by atoms with Crippen molar-refractivity contribution >= 4 is 55.7 Å². The molecule has 2 amide bonds. The summed E-state index contributed by atoms with van der Waals surface area (Å²) >= 11 is 6.47. The largest absolute Gasteiger partial charge is 0.480 e. The number of carbonyl (C=O) groups is 3. The number of hydrogen-bond acceptors (Lipinski definition) is 4. The first-order valence-electron chi connectivity index (χ1n) is 9.43. The molecule has 3 rings (SSSR count). The molecule has 1 heterocycles. The minimum atomic E-state index is -1.19. The molecule has 164 valence electrons. The number of carbonyl (C=O) groups excluding carboxylic acids is 2. The number of furan rings is 1. The van der Waals surface area contributed by atoms with Crippen LogP contribution < -0.4 is 10.6 Å². The average molecular weight is 562 g/mol. The van der Waals surface area contributed by atoms with Crippen molar-refractivity contribution in [2.24, 2.45) is 0 Å². The van der Waals surface area contributed by atoms with E-state index < -0.39 is 23.8 Å². The summed E-state index contributed by atoms with van der Waals surface area (Å²) in [5.41, 5.74) is 1.27. The minimum Gasteiger partial charge on any atom is -0.480 e. The lowest BCUT2D eigenvalue weighted by Gasteiger charge is -2.16. The molecule has 3 N–H and O–H groups in total. The van der Waals surface area contributed by atoms with Crippen molar-refractivity contribution in [3.05, 3.63) is 98.5 Å². The molecule has 0 aliphatic heterocycles. The van der Waals surface area contributed by atoms with Crippen LogP contribution in [0.2, 0.25) is 0 Å². The first-order valence-corrected chi connectivity index (χ1v) is 11.0. The molecule has 3 aromatic rings. The summed E-state index contributed by atoms with van der Waals surface area (Å²) in [5.74, 6) is -2.59. The number of nitrogens with one attached hydrogen (secondary N) is 2. The summed E-state index contributed by atoms with van der Waals surface area (Å²) < 4.78 is 6.44. The molecule has 2 aromatic carbocycles. The molecule has 9 heteroatoms. The Labute approximate surface area is 200 Å². The third kappa shape index (κ3) is 6.66. The lowest BCUT2D eigenvalue weighted by atomic mass is 10.1. The van der Waals surface area contributed by atoms with E-state index in [2.05, 4.69) is 42.5 Å². The number of halogens is 2. The lowest BCUT2D eigenvalue weighted by molar-refractivity contribution is -0.141. The number of carboxylic acids is 1. The van der Waals surface area contributed by atoms with E-state index in [0.29, 0.717) is 10.2 Å². The molecule has 32 heavy (non-hydrogen) atoms. The Bertz CT molecular complexity index is 1140. The second-order valence-corrected chi connectivity index (χ2v) is 8.42. The second kappa shape index (κ2) is 10.9. The standard InChI is InChI=1S/C23H18Br2N2O5/c24-16-8-6-15(7-9-16)12-17(26-22(29)19-10-11-20(25)32-19)21(28)27-18(23(30)31)13-14-4-2-1-3-5-14/h1-12,18H,13H2,(H,26,29)(H,27,28)(H,30,31)/b17-12+/t18-/m1/s1. The van der Waals surface area contributed by atoms with Gasteiger partial charge in [0.05, 0.1) is 0 Å². The molecule has 0 saturated heterocycles. The number of hydrogen-bond donors (Lipinski definition) is 3. The molecule has 0 unspecified atom stereocenters. The van der Waals surface area contributed by atoms with Crippen LogP contribution in [-0.2, 0) is 16.0 Å². The minimum absolute atomic E-state index is 0.00884. The summed E-state index contributed by atoms with van der Waals surface area (Å²) in [5, 5.41) is 14.6. The van der Waals surface area contributed by atoms with Gasteiger partial charge in [-0.3, -0.25) is 9.59 Å². The van der Waals surface area contributed by atoms with Gasteiger partial charge in [-0.05, 0) is 57.4 Å². The van der Waals surface area contributed by atoms with E-state index in [1.165, 1.54) is 12.1 Å². The Morgan fingerprint density at radius 3 is 2.25 bits per heavy atom. The van der Waals surface area contributed by atoms with Crippen molar-refractivity contribution in [3.8, 4) is 0 Å². The molecular weight excluding hydrogens is 544 g/mol. The number of amides is 2. The molecule has 7 nitrogen and oxygen atoms in total. The third-order valence-corrected chi connectivity index (χ3v) is 5.31. The quantitative estimate of drug-likeness (QED) is 0.353. The molecule has 1 aromatic heterocycles. The monoisotopic (exact) mass is 560 g/mol. The lowest BCUT2D eigenvalue weighted by Crippen LogP contribution is -2.45. The Balaban J connectivity index is 1.85. The van der Waals surface area contributed by atoms with E-state index in [1.807, 2.05) is 6.07 Å². The van der Waals surface area contributed by atoms with Gasteiger partial charge in [0.25, 0.3) is 11.8 Å². The summed E-state index contributed by atoms with van der Waals surface area (Å²) in [4.78, 5) is 37.3. The van der Waals surface area contributed by atoms with Gasteiger partial charge in [0.2, 0.25) is 0 Å². The molecule has 0 radical (unpaired) electrons. The summed E-state index contributed by atoms with van der Waals surface area (Å²) in [6.07, 6.45) is 1.55. The number of rotatable bonds is 8. The number of benzene rings is 2. The zero-order chi connectivity index (χ0) is 23.1. The fourth-order valence-corrected chi connectivity index (χ4v) is 3.36. The third-order valence-electron chi connectivity index (χ3n) is 4.36. The Kier molecular flexibility index (Phi) is 8.02. The highest BCUT2D eigenvalue weighted by Gasteiger charge is 2.24. The normalized spacial score (nSPS) is 12.1. The SMILES string of the molecule is O=C(N[C@H](Cc1ccccc1)C(=O)O)/C(=C\c1ccc(Br)cc1)NC(=O)c1ccc(Br)o1. The first kappa shape index (κ1) is 23.5. The molecule has 0 bridgehead atoms. The van der Waals surface area contributed by atoms with Crippen molar-refractivity contribution in [1.29, 1.82) is 0 Å². The van der Waals surface area contributed by atoms with E-state index in [-0.39, 0.29) is 17.9 Å². The molecule has 0 aliphatic carbocycles. The molecule has 1 atom stereocenters. The smallest absolute Gasteiger partial charge is 0.326 e. The number of carboxylic acid groups (broad SMARTS) is 1. The zero-order valence-electron chi connectivity index (χ0n) is 16.5. The van der Waals surface area contributed by atoms with Crippen LogP contribution in [0, 0.1) is 0 Å². The van der Waals surface area contributed by atoms with Crippen LogP contribution in [0.1, 0.15) is 21.7 Å². The maximum Gasteiger partial charge on any atom is 0.326 e. The van der Waals surface area contributed by atoms with Gasteiger partial charge in [-0.25, -0.2) is 4.79 Å². The van der Waals surface area contributed by atoms with Crippen molar-refractivity contribution in [2.45, 2.75) is 12.5 Å². The van der Waals surface area contributed by atoms with Gasteiger partial charge < -0.3 is 20.2 Å². The van der Waals surface area contributed by atoms with Gasteiger partial charge in [0.15, 0.2) is 10.4 Å². The van der Waals surface area contributed by atoms with Gasteiger partial charge in [-0.2, -0.15) is 0 Å². The Morgan fingerprint density at radius 1 is 0.969 bits per heavy atom. The first-order chi connectivity index (χ1) is 15.3. The van der Waals surface area contributed by atoms with Crippen LogP contribution in [-0.4, -0.2) is 28.9 Å². The topological polar surface area (TPSA) is 109 Å². The van der Waals surface area contributed by atoms with Crippen LogP contribution in [0.3, 0.4) is 0 Å².